The molecule has 0 radical (unpaired) electrons. The van der Waals surface area contributed by atoms with Crippen LogP contribution in [0.2, 0.25) is 0 Å². The van der Waals surface area contributed by atoms with E-state index < -0.39 is 0 Å². The molecule has 1 amide bonds. The Morgan fingerprint density at radius 2 is 1.95 bits per heavy atom. The molecule has 0 N–H and O–H groups in total. The second-order valence-corrected chi connectivity index (χ2v) is 6.65. The molecule has 1 heterocycles. The monoisotopic (exact) mass is 299 g/mol. The third-order valence-electron chi connectivity index (χ3n) is 4.01. The van der Waals surface area contributed by atoms with Crippen molar-refractivity contribution in [3.05, 3.63) is 0 Å². The fourth-order valence-corrected chi connectivity index (χ4v) is 3.66. The summed E-state index contributed by atoms with van der Waals surface area (Å²) in [4.78, 5) is 36.2. The zero-order valence-corrected chi connectivity index (χ0v) is 12.7. The second-order valence-electron chi connectivity index (χ2n) is 5.67. The number of methoxy groups -OCH3 is 1. The van der Waals surface area contributed by atoms with Gasteiger partial charge in [0.1, 0.15) is 5.78 Å². The molecule has 112 valence electrons. The van der Waals surface area contributed by atoms with Gasteiger partial charge in [-0.25, -0.2) is 0 Å². The van der Waals surface area contributed by atoms with Gasteiger partial charge in [0.15, 0.2) is 0 Å². The predicted octanol–water partition coefficient (Wildman–Crippen LogP) is 1.25. The number of nitrogens with zero attached hydrogens (tertiary/aromatic N) is 1. The molecule has 0 spiro atoms. The number of hydrogen-bond donors (Lipinski definition) is 0. The van der Waals surface area contributed by atoms with E-state index in [1.807, 2.05) is 0 Å². The number of rotatable bonds is 6. The molecule has 20 heavy (non-hydrogen) atoms. The van der Waals surface area contributed by atoms with Crippen molar-refractivity contribution >= 4 is 29.4 Å². The first-order valence-electron chi connectivity index (χ1n) is 6.99. The van der Waals surface area contributed by atoms with Crippen molar-refractivity contribution in [3.63, 3.8) is 0 Å². The van der Waals surface area contributed by atoms with Gasteiger partial charge in [-0.1, -0.05) is 0 Å². The van der Waals surface area contributed by atoms with Crippen LogP contribution in [0.1, 0.15) is 32.1 Å². The number of carbonyl (C=O) groups excluding carboxylic acids is 3. The normalized spacial score (nSPS) is 20.6. The lowest BCUT2D eigenvalue weighted by Gasteiger charge is -2.26. The van der Waals surface area contributed by atoms with Crippen LogP contribution >= 0.6 is 11.8 Å². The second kappa shape index (κ2) is 6.61. The smallest absolute Gasteiger partial charge is 0.306 e. The molecular weight excluding hydrogens is 278 g/mol. The van der Waals surface area contributed by atoms with Crippen molar-refractivity contribution in [3.8, 4) is 0 Å². The maximum absolute atomic E-state index is 12.0. The highest BCUT2D eigenvalue weighted by atomic mass is 32.2. The Balaban J connectivity index is 1.67. The number of Topliss-reactive ketones (excluding diaryl/α,β-unsaturated/α-hetero) is 1. The molecule has 0 bridgehead atoms. The molecule has 1 aliphatic heterocycles. The van der Waals surface area contributed by atoms with Crippen LogP contribution in [-0.4, -0.2) is 54.3 Å². The van der Waals surface area contributed by atoms with Crippen LogP contribution in [0, 0.1) is 5.41 Å². The van der Waals surface area contributed by atoms with Gasteiger partial charge in [-0.3, -0.25) is 14.4 Å². The van der Waals surface area contributed by atoms with Crippen molar-refractivity contribution < 1.29 is 19.1 Å². The SMILES string of the molecule is COC(=O)CC1(CSCC(=O)N2CCC(=O)CC2)CC1. The first-order valence-corrected chi connectivity index (χ1v) is 8.14. The predicted molar refractivity (Wildman–Crippen MR) is 76.4 cm³/mol. The van der Waals surface area contributed by atoms with Crippen LogP contribution in [-0.2, 0) is 19.1 Å². The highest BCUT2D eigenvalue weighted by Crippen LogP contribution is 2.51. The molecule has 2 rings (SSSR count). The van der Waals surface area contributed by atoms with Gasteiger partial charge < -0.3 is 9.64 Å². The standard InChI is InChI=1S/C14H21NO4S/c1-19-13(18)8-14(4-5-14)10-20-9-12(17)15-6-2-11(16)3-7-15/h2-10H2,1H3. The number of thioether (sulfide) groups is 1. The number of ketones is 1. The maximum atomic E-state index is 12.0. The summed E-state index contributed by atoms with van der Waals surface area (Å²) in [5.74, 6) is 1.47. The summed E-state index contributed by atoms with van der Waals surface area (Å²) in [6.45, 7) is 1.12. The van der Waals surface area contributed by atoms with Crippen molar-refractivity contribution in [2.75, 3.05) is 31.7 Å². The van der Waals surface area contributed by atoms with Gasteiger partial charge in [-0.05, 0) is 24.0 Å². The molecule has 1 aliphatic carbocycles. The third-order valence-corrected chi connectivity index (χ3v) is 5.28. The highest BCUT2D eigenvalue weighted by molar-refractivity contribution is 7.99. The Morgan fingerprint density at radius 3 is 2.50 bits per heavy atom. The minimum absolute atomic E-state index is 0.0654. The van der Waals surface area contributed by atoms with E-state index in [0.717, 1.165) is 18.6 Å². The van der Waals surface area contributed by atoms with E-state index in [1.165, 1.54) is 7.11 Å². The van der Waals surface area contributed by atoms with Crippen LogP contribution in [0.25, 0.3) is 0 Å². The van der Waals surface area contributed by atoms with E-state index in [9.17, 15) is 14.4 Å². The molecule has 0 aromatic heterocycles. The number of hydrogen-bond acceptors (Lipinski definition) is 5. The molecule has 0 aromatic carbocycles. The molecule has 5 nitrogen and oxygen atoms in total. The van der Waals surface area contributed by atoms with Gasteiger partial charge in [-0.2, -0.15) is 11.8 Å². The van der Waals surface area contributed by atoms with Crippen molar-refractivity contribution in [1.82, 2.24) is 4.90 Å². The number of esters is 1. The zero-order valence-electron chi connectivity index (χ0n) is 11.9. The number of amides is 1. The van der Waals surface area contributed by atoms with Gasteiger partial charge in [0, 0.05) is 25.9 Å². The Morgan fingerprint density at radius 1 is 1.30 bits per heavy atom. The maximum Gasteiger partial charge on any atom is 0.306 e. The summed E-state index contributed by atoms with van der Waals surface area (Å²) in [6, 6.07) is 0. The van der Waals surface area contributed by atoms with Crippen LogP contribution in [0.15, 0.2) is 0 Å². The first kappa shape index (κ1) is 15.4. The fraction of sp³-hybridized carbons (Fsp3) is 0.786. The lowest BCUT2D eigenvalue weighted by atomic mass is 10.1. The minimum atomic E-state index is -0.163. The lowest BCUT2D eigenvalue weighted by molar-refractivity contribution is -0.141. The summed E-state index contributed by atoms with van der Waals surface area (Å²) in [7, 11) is 1.41. The summed E-state index contributed by atoms with van der Waals surface area (Å²) in [5.41, 5.74) is 0.0654. The topological polar surface area (TPSA) is 63.7 Å². The number of likely N-dealkylation sites (tertiary alicyclic amines) is 1. The number of piperidine rings is 1. The quantitative estimate of drug-likeness (QED) is 0.691. The first-order chi connectivity index (χ1) is 9.54. The summed E-state index contributed by atoms with van der Waals surface area (Å²) in [5, 5.41) is 0. The van der Waals surface area contributed by atoms with Crippen LogP contribution in [0.4, 0.5) is 0 Å². The van der Waals surface area contributed by atoms with Gasteiger partial charge in [0.2, 0.25) is 5.91 Å². The van der Waals surface area contributed by atoms with E-state index in [-0.39, 0.29) is 23.1 Å². The van der Waals surface area contributed by atoms with E-state index in [0.29, 0.717) is 38.1 Å². The minimum Gasteiger partial charge on any atom is -0.469 e. The van der Waals surface area contributed by atoms with Gasteiger partial charge >= 0.3 is 5.97 Å². The van der Waals surface area contributed by atoms with Gasteiger partial charge in [0.05, 0.1) is 19.3 Å². The van der Waals surface area contributed by atoms with Crippen LogP contribution in [0.5, 0.6) is 0 Å². The molecule has 1 saturated carbocycles. The molecule has 1 saturated heterocycles. The van der Waals surface area contributed by atoms with Gasteiger partial charge in [0.25, 0.3) is 0 Å². The number of carbonyl (C=O) groups is 3. The van der Waals surface area contributed by atoms with Gasteiger partial charge in [-0.15, -0.1) is 0 Å². The largest absolute Gasteiger partial charge is 0.469 e. The van der Waals surface area contributed by atoms with E-state index in [4.69, 9.17) is 4.74 Å². The van der Waals surface area contributed by atoms with Crippen LogP contribution < -0.4 is 0 Å². The number of ether oxygens (including phenoxy) is 1. The molecule has 2 fully saturated rings. The van der Waals surface area contributed by atoms with Crippen molar-refractivity contribution in [1.29, 1.82) is 0 Å². The van der Waals surface area contributed by atoms with Crippen molar-refractivity contribution in [2.45, 2.75) is 32.1 Å². The lowest BCUT2D eigenvalue weighted by Crippen LogP contribution is -2.39. The average Bonchev–Trinajstić information content (AvgIpc) is 3.19. The van der Waals surface area contributed by atoms with E-state index in [2.05, 4.69) is 0 Å². The Hall–Kier alpha value is -1.04. The summed E-state index contributed by atoms with van der Waals surface area (Å²) in [6.07, 6.45) is 3.53. The molecule has 0 atom stereocenters. The Kier molecular flexibility index (Phi) is 5.07. The summed E-state index contributed by atoms with van der Waals surface area (Å²) >= 11 is 1.59. The molecule has 2 aliphatic rings. The van der Waals surface area contributed by atoms with E-state index in [1.54, 1.807) is 16.7 Å². The molecule has 0 aromatic rings. The zero-order chi connectivity index (χ0) is 14.6. The molecular formula is C14H21NO4S. The summed E-state index contributed by atoms with van der Waals surface area (Å²) < 4.78 is 4.70. The third kappa shape index (κ3) is 4.23. The molecule has 0 unspecified atom stereocenters. The Bertz CT molecular complexity index is 396. The Labute approximate surface area is 123 Å². The van der Waals surface area contributed by atoms with Crippen LogP contribution in [0.3, 0.4) is 0 Å². The molecule has 6 heteroatoms. The fourth-order valence-electron chi connectivity index (χ4n) is 2.38. The average molecular weight is 299 g/mol. The highest BCUT2D eigenvalue weighted by Gasteiger charge is 2.44. The van der Waals surface area contributed by atoms with Crippen molar-refractivity contribution in [2.24, 2.45) is 5.41 Å². The van der Waals surface area contributed by atoms with E-state index >= 15 is 0 Å².